The average molecular weight is 294 g/mol. The Bertz CT molecular complexity index is 487. The van der Waals surface area contributed by atoms with Gasteiger partial charge in [0.15, 0.2) is 5.11 Å². The maximum atomic E-state index is 11.6. The minimum absolute atomic E-state index is 0.343. The molecular weight excluding hydrogens is 272 g/mol. The topological polar surface area (TPSA) is 50.4 Å². The van der Waals surface area contributed by atoms with Gasteiger partial charge in [-0.25, -0.2) is 4.79 Å². The van der Waals surface area contributed by atoms with E-state index in [4.69, 9.17) is 17.0 Å². The van der Waals surface area contributed by atoms with Crippen molar-refractivity contribution >= 4 is 29.0 Å². The molecule has 0 unspecified atom stereocenters. The van der Waals surface area contributed by atoms with Gasteiger partial charge in [0.2, 0.25) is 0 Å². The molecule has 4 nitrogen and oxygen atoms in total. The van der Waals surface area contributed by atoms with E-state index in [1.54, 1.807) is 12.1 Å². The van der Waals surface area contributed by atoms with Crippen molar-refractivity contribution in [2.75, 3.05) is 19.0 Å². The predicted octanol–water partition coefficient (Wildman–Crippen LogP) is 3.11. The number of hydrogen-bond acceptors (Lipinski definition) is 3. The van der Waals surface area contributed by atoms with Crippen LogP contribution in [0.5, 0.6) is 0 Å². The summed E-state index contributed by atoms with van der Waals surface area (Å²) in [5, 5.41) is 6.84. The molecule has 0 amide bonds. The molecule has 0 heterocycles. The molecule has 0 fully saturated rings. The van der Waals surface area contributed by atoms with Gasteiger partial charge in [0.25, 0.3) is 0 Å². The standard InChI is InChI=1S/C15H22N2O2S/c1-10(2)8-9-16-15(20)17-13-7-5-6-12(11(13)3)14(18)19-4/h5-7,10H,8-9H2,1-4H3,(H2,16,17,20). The highest BCUT2D eigenvalue weighted by Crippen LogP contribution is 2.19. The van der Waals surface area contributed by atoms with Crippen molar-refractivity contribution in [3.05, 3.63) is 29.3 Å². The van der Waals surface area contributed by atoms with Crippen molar-refractivity contribution in [3.8, 4) is 0 Å². The van der Waals surface area contributed by atoms with Crippen molar-refractivity contribution in [2.24, 2.45) is 5.92 Å². The predicted molar refractivity (Wildman–Crippen MR) is 86.2 cm³/mol. The van der Waals surface area contributed by atoms with Crippen LogP contribution in [0, 0.1) is 12.8 Å². The van der Waals surface area contributed by atoms with Crippen LogP contribution in [0.15, 0.2) is 18.2 Å². The number of thiocarbonyl (C=S) groups is 1. The van der Waals surface area contributed by atoms with Gasteiger partial charge >= 0.3 is 5.97 Å². The van der Waals surface area contributed by atoms with E-state index in [2.05, 4.69) is 24.5 Å². The van der Waals surface area contributed by atoms with E-state index in [9.17, 15) is 4.79 Å². The lowest BCUT2D eigenvalue weighted by Crippen LogP contribution is -2.30. The zero-order valence-corrected chi connectivity index (χ0v) is 13.3. The number of carbonyl (C=O) groups excluding carboxylic acids is 1. The lowest BCUT2D eigenvalue weighted by atomic mass is 10.1. The fourth-order valence-corrected chi connectivity index (χ4v) is 1.96. The molecule has 0 aromatic heterocycles. The summed E-state index contributed by atoms with van der Waals surface area (Å²) in [5.74, 6) is 0.291. The molecule has 0 bridgehead atoms. The monoisotopic (exact) mass is 294 g/mol. The number of ether oxygens (including phenoxy) is 1. The largest absolute Gasteiger partial charge is 0.465 e. The summed E-state index contributed by atoms with van der Waals surface area (Å²) in [5.41, 5.74) is 2.18. The molecule has 20 heavy (non-hydrogen) atoms. The van der Waals surface area contributed by atoms with E-state index in [1.807, 2.05) is 13.0 Å². The average Bonchev–Trinajstić information content (AvgIpc) is 2.40. The SMILES string of the molecule is COC(=O)c1cccc(NC(=S)NCCC(C)C)c1C. The molecule has 0 saturated heterocycles. The number of nitrogens with one attached hydrogen (secondary N) is 2. The van der Waals surface area contributed by atoms with Gasteiger partial charge in [-0.2, -0.15) is 0 Å². The zero-order chi connectivity index (χ0) is 15.1. The normalized spacial score (nSPS) is 10.2. The first kappa shape index (κ1) is 16.4. The maximum absolute atomic E-state index is 11.6. The van der Waals surface area contributed by atoms with E-state index >= 15 is 0 Å². The van der Waals surface area contributed by atoms with Gasteiger partial charge in [0.05, 0.1) is 12.7 Å². The second-order valence-corrected chi connectivity index (χ2v) is 5.44. The number of hydrogen-bond donors (Lipinski definition) is 2. The van der Waals surface area contributed by atoms with Gasteiger partial charge in [0.1, 0.15) is 0 Å². The molecule has 0 radical (unpaired) electrons. The van der Waals surface area contributed by atoms with E-state index in [1.165, 1.54) is 7.11 Å². The van der Waals surface area contributed by atoms with Gasteiger partial charge in [-0.15, -0.1) is 0 Å². The Labute approximate surface area is 125 Å². The second-order valence-electron chi connectivity index (χ2n) is 5.03. The lowest BCUT2D eigenvalue weighted by molar-refractivity contribution is 0.0600. The Morgan fingerprint density at radius 1 is 1.40 bits per heavy atom. The Morgan fingerprint density at radius 3 is 2.70 bits per heavy atom. The van der Waals surface area contributed by atoms with Crippen molar-refractivity contribution in [2.45, 2.75) is 27.2 Å². The highest BCUT2D eigenvalue weighted by Gasteiger charge is 2.12. The lowest BCUT2D eigenvalue weighted by Gasteiger charge is -2.14. The van der Waals surface area contributed by atoms with Crippen molar-refractivity contribution in [1.29, 1.82) is 0 Å². The first-order valence-corrected chi connectivity index (χ1v) is 7.09. The molecule has 0 aliphatic carbocycles. The van der Waals surface area contributed by atoms with Gasteiger partial charge < -0.3 is 15.4 Å². The van der Waals surface area contributed by atoms with Gasteiger partial charge in [-0.05, 0) is 49.2 Å². The smallest absolute Gasteiger partial charge is 0.338 e. The summed E-state index contributed by atoms with van der Waals surface area (Å²) in [7, 11) is 1.37. The summed E-state index contributed by atoms with van der Waals surface area (Å²) in [6.07, 6.45) is 1.06. The first-order chi connectivity index (χ1) is 9.45. The van der Waals surface area contributed by atoms with Crippen LogP contribution < -0.4 is 10.6 Å². The number of rotatable bonds is 5. The van der Waals surface area contributed by atoms with Crippen LogP contribution in [0.1, 0.15) is 36.2 Å². The molecular formula is C15H22N2O2S. The number of benzene rings is 1. The molecule has 0 atom stereocenters. The third-order valence-corrected chi connectivity index (χ3v) is 3.24. The van der Waals surface area contributed by atoms with Crippen LogP contribution in [0.2, 0.25) is 0 Å². The van der Waals surface area contributed by atoms with Crippen LogP contribution >= 0.6 is 12.2 Å². The summed E-state index contributed by atoms with van der Waals surface area (Å²) < 4.78 is 4.75. The number of esters is 1. The van der Waals surface area contributed by atoms with Crippen LogP contribution in [0.25, 0.3) is 0 Å². The fourth-order valence-electron chi connectivity index (χ4n) is 1.74. The highest BCUT2D eigenvalue weighted by molar-refractivity contribution is 7.80. The summed E-state index contributed by atoms with van der Waals surface area (Å²) >= 11 is 5.25. The molecule has 0 saturated carbocycles. The number of carbonyl (C=O) groups is 1. The summed E-state index contributed by atoms with van der Waals surface area (Å²) in [4.78, 5) is 11.6. The fraction of sp³-hybridized carbons (Fsp3) is 0.467. The van der Waals surface area contributed by atoms with Crippen LogP contribution in [0.4, 0.5) is 5.69 Å². The zero-order valence-electron chi connectivity index (χ0n) is 12.4. The van der Waals surface area contributed by atoms with E-state index in [0.29, 0.717) is 16.6 Å². The first-order valence-electron chi connectivity index (χ1n) is 6.68. The molecule has 5 heteroatoms. The molecule has 0 spiro atoms. The third-order valence-electron chi connectivity index (χ3n) is 2.99. The third kappa shape index (κ3) is 4.81. The van der Waals surface area contributed by atoms with Crippen molar-refractivity contribution in [3.63, 3.8) is 0 Å². The molecule has 0 aliphatic heterocycles. The highest BCUT2D eigenvalue weighted by atomic mass is 32.1. The number of methoxy groups -OCH3 is 1. The van der Waals surface area contributed by atoms with E-state index < -0.39 is 0 Å². The van der Waals surface area contributed by atoms with E-state index in [0.717, 1.165) is 24.2 Å². The molecule has 110 valence electrons. The minimum Gasteiger partial charge on any atom is -0.465 e. The molecule has 1 aromatic rings. The molecule has 1 rings (SSSR count). The minimum atomic E-state index is -0.343. The number of anilines is 1. The molecule has 0 aliphatic rings. The molecule has 1 aromatic carbocycles. The Hall–Kier alpha value is -1.62. The van der Waals surface area contributed by atoms with Crippen LogP contribution in [0.3, 0.4) is 0 Å². The van der Waals surface area contributed by atoms with Crippen molar-refractivity contribution < 1.29 is 9.53 Å². The van der Waals surface area contributed by atoms with Crippen molar-refractivity contribution in [1.82, 2.24) is 5.32 Å². The summed E-state index contributed by atoms with van der Waals surface area (Å²) in [6.45, 7) is 7.04. The van der Waals surface area contributed by atoms with Gasteiger partial charge in [0, 0.05) is 12.2 Å². The Kier molecular flexibility index (Phi) is 6.45. The Balaban J connectivity index is 2.68. The second kappa shape index (κ2) is 7.85. The molecule has 2 N–H and O–H groups in total. The summed E-state index contributed by atoms with van der Waals surface area (Å²) in [6, 6.07) is 5.43. The maximum Gasteiger partial charge on any atom is 0.338 e. The van der Waals surface area contributed by atoms with E-state index in [-0.39, 0.29) is 5.97 Å². The van der Waals surface area contributed by atoms with Crippen LogP contribution in [-0.2, 0) is 4.74 Å². The Morgan fingerprint density at radius 2 is 2.10 bits per heavy atom. The van der Waals surface area contributed by atoms with Crippen LogP contribution in [-0.4, -0.2) is 24.7 Å². The van der Waals surface area contributed by atoms with Gasteiger partial charge in [-0.3, -0.25) is 0 Å². The van der Waals surface area contributed by atoms with Gasteiger partial charge in [-0.1, -0.05) is 19.9 Å². The quantitative estimate of drug-likeness (QED) is 0.645.